The molecule has 0 spiro atoms. The van der Waals surface area contributed by atoms with Crippen LogP contribution in [0.25, 0.3) is 10.9 Å². The summed E-state index contributed by atoms with van der Waals surface area (Å²) in [6.07, 6.45) is -0.200. The number of pyridine rings is 1. The minimum absolute atomic E-state index is 0.00405. The summed E-state index contributed by atoms with van der Waals surface area (Å²) in [4.78, 5) is 31.6. The fourth-order valence-corrected chi connectivity index (χ4v) is 6.37. The zero-order valence-electron chi connectivity index (χ0n) is 27.7. The largest absolute Gasteiger partial charge is 0.493 e. The van der Waals surface area contributed by atoms with Crippen LogP contribution in [-0.4, -0.2) is 63.4 Å². The monoisotopic (exact) mass is 692 g/mol. The van der Waals surface area contributed by atoms with Crippen LogP contribution in [0.3, 0.4) is 0 Å². The summed E-state index contributed by atoms with van der Waals surface area (Å²) < 4.78 is 59.7. The molecule has 4 N–H and O–H groups in total. The predicted octanol–water partition coefficient (Wildman–Crippen LogP) is 6.79. The van der Waals surface area contributed by atoms with E-state index in [4.69, 9.17) is 14.2 Å². The molecule has 264 valence electrons. The quantitative estimate of drug-likeness (QED) is 0.151. The van der Waals surface area contributed by atoms with E-state index in [2.05, 4.69) is 26.3 Å². The van der Waals surface area contributed by atoms with Crippen molar-refractivity contribution in [1.82, 2.24) is 15.6 Å². The van der Waals surface area contributed by atoms with Crippen molar-refractivity contribution in [1.29, 1.82) is 0 Å². The highest BCUT2D eigenvalue weighted by Crippen LogP contribution is 2.40. The number of fused-ring (bicyclic) bond motifs is 1. The Labute approximate surface area is 287 Å². The molecule has 6 rings (SSSR count). The maximum absolute atomic E-state index is 14.3. The van der Waals surface area contributed by atoms with Gasteiger partial charge in [0, 0.05) is 66.5 Å². The third kappa shape index (κ3) is 8.13. The number of carbonyl (C=O) groups excluding carboxylic acids is 2. The molecule has 1 aromatic heterocycles. The smallest absolute Gasteiger partial charge is 0.418 e. The zero-order valence-corrected chi connectivity index (χ0v) is 27.7. The summed E-state index contributed by atoms with van der Waals surface area (Å²) in [5.74, 6) is 1.85. The van der Waals surface area contributed by atoms with Gasteiger partial charge in [-0.3, -0.25) is 9.78 Å². The average molecular weight is 693 g/mol. The normalized spacial score (nSPS) is 16.8. The summed E-state index contributed by atoms with van der Waals surface area (Å²) in [6, 6.07) is 14.8. The molecule has 50 heavy (non-hydrogen) atoms. The zero-order chi connectivity index (χ0) is 35.3. The van der Waals surface area contributed by atoms with Crippen LogP contribution < -0.4 is 40.4 Å². The third-order valence-corrected chi connectivity index (χ3v) is 8.94. The first-order valence-electron chi connectivity index (χ1n) is 16.4. The van der Waals surface area contributed by atoms with Gasteiger partial charge < -0.3 is 40.4 Å². The lowest BCUT2D eigenvalue weighted by atomic mass is 9.97. The molecule has 0 radical (unpaired) electrons. The fraction of sp³-hybridized carbons (Fsp3) is 0.361. The van der Waals surface area contributed by atoms with Crippen molar-refractivity contribution < 1.29 is 37.0 Å². The Bertz CT molecular complexity index is 1840. The van der Waals surface area contributed by atoms with Crippen molar-refractivity contribution in [3.63, 3.8) is 0 Å². The summed E-state index contributed by atoms with van der Waals surface area (Å²) in [5, 5.41) is 12.2. The number of ether oxygens (including phenoxy) is 3. The lowest BCUT2D eigenvalue weighted by Crippen LogP contribution is -2.48. The molecule has 2 saturated heterocycles. The minimum atomic E-state index is -4.65. The lowest BCUT2D eigenvalue weighted by molar-refractivity contribution is -0.137. The summed E-state index contributed by atoms with van der Waals surface area (Å²) >= 11 is 0. The molecule has 3 amide bonds. The van der Waals surface area contributed by atoms with Crippen LogP contribution in [0.15, 0.2) is 66.9 Å². The Balaban J connectivity index is 1.09. The SMILES string of the molecule is COc1cc2nccc(Oc3cccc(NC(=O)Nc4ccc(N5CCC(NC(=O)C6CCCNC6)CC5)c(C(F)(F)F)c4)c3)c2cc1OC. The minimum Gasteiger partial charge on any atom is -0.493 e. The third-order valence-electron chi connectivity index (χ3n) is 8.94. The van der Waals surface area contributed by atoms with Crippen molar-refractivity contribution >= 4 is 39.9 Å². The van der Waals surface area contributed by atoms with E-state index >= 15 is 0 Å². The molecule has 3 aromatic carbocycles. The Kier molecular flexibility index (Phi) is 10.5. The molecule has 0 bridgehead atoms. The Morgan fingerprint density at radius 2 is 1.64 bits per heavy atom. The second-order valence-corrected chi connectivity index (χ2v) is 12.3. The Hall–Kier alpha value is -5.24. The molecule has 2 aliphatic heterocycles. The van der Waals surface area contributed by atoms with Crippen LogP contribution >= 0.6 is 0 Å². The molecular weight excluding hydrogens is 653 g/mol. The van der Waals surface area contributed by atoms with E-state index in [1.807, 2.05) is 0 Å². The number of carbonyl (C=O) groups is 2. The number of benzene rings is 3. The lowest BCUT2D eigenvalue weighted by Gasteiger charge is -2.36. The molecule has 0 aliphatic carbocycles. The van der Waals surface area contributed by atoms with E-state index in [1.165, 1.54) is 26.4 Å². The number of methoxy groups -OCH3 is 2. The van der Waals surface area contributed by atoms with Gasteiger partial charge in [-0.1, -0.05) is 6.07 Å². The highest BCUT2D eigenvalue weighted by atomic mass is 19.4. The maximum atomic E-state index is 14.3. The number of anilines is 3. The molecule has 14 heteroatoms. The number of nitrogens with zero attached hydrogens (tertiary/aromatic N) is 2. The second kappa shape index (κ2) is 15.1. The topological polar surface area (TPSA) is 126 Å². The molecule has 1 unspecified atom stereocenters. The maximum Gasteiger partial charge on any atom is 0.418 e. The Morgan fingerprint density at radius 3 is 2.34 bits per heavy atom. The number of rotatable bonds is 9. The number of alkyl halides is 3. The van der Waals surface area contributed by atoms with Gasteiger partial charge in [-0.25, -0.2) is 4.79 Å². The van der Waals surface area contributed by atoms with E-state index in [9.17, 15) is 22.8 Å². The average Bonchev–Trinajstić information content (AvgIpc) is 3.11. The first-order valence-corrected chi connectivity index (χ1v) is 16.4. The summed E-state index contributed by atoms with van der Waals surface area (Å²) in [6.45, 7) is 2.28. The number of urea groups is 1. The van der Waals surface area contributed by atoms with E-state index in [-0.39, 0.29) is 29.2 Å². The van der Waals surface area contributed by atoms with E-state index in [0.717, 1.165) is 25.5 Å². The van der Waals surface area contributed by atoms with Crippen LogP contribution in [-0.2, 0) is 11.0 Å². The molecule has 4 aromatic rings. The number of nitrogens with one attached hydrogen (secondary N) is 4. The number of piperidine rings is 2. The molecule has 2 fully saturated rings. The van der Waals surface area contributed by atoms with E-state index < -0.39 is 17.8 Å². The molecular formula is C36H39F3N6O5. The van der Waals surface area contributed by atoms with Gasteiger partial charge in [0.1, 0.15) is 11.5 Å². The first kappa shape index (κ1) is 34.6. The van der Waals surface area contributed by atoms with Crippen LogP contribution in [0.2, 0.25) is 0 Å². The fourth-order valence-electron chi connectivity index (χ4n) is 6.37. The van der Waals surface area contributed by atoms with Crippen LogP contribution in [0, 0.1) is 5.92 Å². The number of hydrogen-bond donors (Lipinski definition) is 4. The predicted molar refractivity (Wildman–Crippen MR) is 184 cm³/mol. The van der Waals surface area contributed by atoms with Gasteiger partial charge in [-0.05, 0) is 74.7 Å². The van der Waals surface area contributed by atoms with Crippen LogP contribution in [0.4, 0.5) is 35.0 Å². The molecule has 3 heterocycles. The van der Waals surface area contributed by atoms with Crippen molar-refractivity contribution in [3.05, 3.63) is 72.4 Å². The first-order chi connectivity index (χ1) is 24.1. The Morgan fingerprint density at radius 1 is 0.900 bits per heavy atom. The molecule has 1 atom stereocenters. The van der Waals surface area contributed by atoms with Gasteiger partial charge in [0.15, 0.2) is 11.5 Å². The van der Waals surface area contributed by atoms with Crippen LogP contribution in [0.5, 0.6) is 23.0 Å². The summed E-state index contributed by atoms with van der Waals surface area (Å²) in [7, 11) is 3.07. The van der Waals surface area contributed by atoms with Gasteiger partial charge in [-0.2, -0.15) is 13.2 Å². The number of aromatic nitrogens is 1. The van der Waals surface area contributed by atoms with Gasteiger partial charge in [-0.15, -0.1) is 0 Å². The van der Waals surface area contributed by atoms with Gasteiger partial charge in [0.2, 0.25) is 5.91 Å². The van der Waals surface area contributed by atoms with Gasteiger partial charge >= 0.3 is 12.2 Å². The van der Waals surface area contributed by atoms with Crippen molar-refractivity contribution in [2.45, 2.75) is 37.9 Å². The highest BCUT2D eigenvalue weighted by Gasteiger charge is 2.36. The standard InChI is InChI=1S/C36H39F3N6O5/c1-48-32-19-27-29(20-33(32)49-2)41-14-10-31(27)50-26-7-3-6-24(17-26)43-35(47)44-25-8-9-30(28(18-25)36(37,38)39)45-15-11-23(12-16-45)42-34(46)22-5-4-13-40-21-22/h3,6-10,14,17-20,22-23,40H,4-5,11-13,15-16,21H2,1-2H3,(H,42,46)(H2,43,44,47). The highest BCUT2D eigenvalue weighted by molar-refractivity contribution is 6.00. The van der Waals surface area contributed by atoms with E-state index in [1.54, 1.807) is 53.6 Å². The van der Waals surface area contributed by atoms with Gasteiger partial charge in [0.05, 0.1) is 31.2 Å². The molecule has 11 nitrogen and oxygen atoms in total. The molecule has 2 aliphatic rings. The van der Waals surface area contributed by atoms with Crippen molar-refractivity contribution in [3.8, 4) is 23.0 Å². The second-order valence-electron chi connectivity index (χ2n) is 12.3. The molecule has 0 saturated carbocycles. The van der Waals surface area contributed by atoms with Crippen molar-refractivity contribution in [2.24, 2.45) is 5.92 Å². The van der Waals surface area contributed by atoms with Gasteiger partial charge in [0.25, 0.3) is 0 Å². The van der Waals surface area contributed by atoms with Crippen molar-refractivity contribution in [2.75, 3.05) is 55.9 Å². The number of hydrogen-bond acceptors (Lipinski definition) is 8. The number of amides is 3. The van der Waals surface area contributed by atoms with E-state index in [0.29, 0.717) is 72.1 Å². The number of halogens is 3. The summed E-state index contributed by atoms with van der Waals surface area (Å²) in [5.41, 5.74) is 0.162. The van der Waals surface area contributed by atoms with Crippen LogP contribution in [0.1, 0.15) is 31.2 Å².